The topological polar surface area (TPSA) is 24.9 Å². The molecule has 0 saturated carbocycles. The molecule has 2 rings (SSSR count). The van der Waals surface area contributed by atoms with Crippen LogP contribution in [0.25, 0.3) is 10.2 Å². The quantitative estimate of drug-likeness (QED) is 0.835. The number of fused-ring (bicyclic) bond motifs is 1. The molecular formula is C12H15ClN2S. The second-order valence-corrected chi connectivity index (χ2v) is 5.72. The fourth-order valence-electron chi connectivity index (χ4n) is 1.37. The highest BCUT2D eigenvalue weighted by molar-refractivity contribution is 7.22. The smallest absolute Gasteiger partial charge is 0.183 e. The van der Waals surface area contributed by atoms with E-state index in [1.165, 1.54) is 4.70 Å². The van der Waals surface area contributed by atoms with E-state index in [9.17, 15) is 0 Å². The third-order valence-electron chi connectivity index (χ3n) is 2.47. The molecule has 1 heterocycles. The Morgan fingerprint density at radius 1 is 1.38 bits per heavy atom. The molecule has 1 aromatic heterocycles. The van der Waals surface area contributed by atoms with Crippen molar-refractivity contribution in [1.29, 1.82) is 0 Å². The zero-order chi connectivity index (χ0) is 11.5. The van der Waals surface area contributed by atoms with Crippen LogP contribution in [0.4, 0.5) is 5.13 Å². The van der Waals surface area contributed by atoms with Gasteiger partial charge in [-0.25, -0.2) is 4.98 Å². The number of alkyl halides is 1. The van der Waals surface area contributed by atoms with Crippen molar-refractivity contribution >= 4 is 38.3 Å². The predicted molar refractivity (Wildman–Crippen MR) is 72.6 cm³/mol. The van der Waals surface area contributed by atoms with E-state index in [2.05, 4.69) is 30.2 Å². The summed E-state index contributed by atoms with van der Waals surface area (Å²) in [5.74, 6) is 0.476. The molecule has 1 atom stereocenters. The second-order valence-electron chi connectivity index (χ2n) is 4.13. The number of nitrogens with one attached hydrogen (secondary N) is 1. The van der Waals surface area contributed by atoms with Gasteiger partial charge in [-0.1, -0.05) is 37.3 Å². The van der Waals surface area contributed by atoms with Crippen LogP contribution in [0, 0.1) is 5.92 Å². The van der Waals surface area contributed by atoms with Gasteiger partial charge in [0.2, 0.25) is 0 Å². The Labute approximate surface area is 105 Å². The molecule has 0 aliphatic rings. The van der Waals surface area contributed by atoms with Gasteiger partial charge >= 0.3 is 0 Å². The Kier molecular flexibility index (Phi) is 3.66. The van der Waals surface area contributed by atoms with Gasteiger partial charge in [-0.15, -0.1) is 11.6 Å². The van der Waals surface area contributed by atoms with Crippen LogP contribution in [0.2, 0.25) is 0 Å². The maximum absolute atomic E-state index is 6.18. The fraction of sp³-hybridized carbons (Fsp3) is 0.417. The number of thiazole rings is 1. The molecule has 0 spiro atoms. The second kappa shape index (κ2) is 5.02. The normalized spacial score (nSPS) is 13.2. The van der Waals surface area contributed by atoms with Gasteiger partial charge in [-0.05, 0) is 18.1 Å². The largest absolute Gasteiger partial charge is 0.360 e. The summed E-state index contributed by atoms with van der Waals surface area (Å²) >= 11 is 7.85. The number of halogens is 1. The van der Waals surface area contributed by atoms with E-state index >= 15 is 0 Å². The average molecular weight is 255 g/mol. The van der Waals surface area contributed by atoms with E-state index in [1.807, 2.05) is 18.2 Å². The molecule has 16 heavy (non-hydrogen) atoms. The van der Waals surface area contributed by atoms with Crippen LogP contribution in [0.5, 0.6) is 0 Å². The maximum atomic E-state index is 6.18. The van der Waals surface area contributed by atoms with Crippen molar-refractivity contribution in [2.24, 2.45) is 5.92 Å². The van der Waals surface area contributed by atoms with Gasteiger partial charge in [0.25, 0.3) is 0 Å². The van der Waals surface area contributed by atoms with Crippen LogP contribution < -0.4 is 5.32 Å². The van der Waals surface area contributed by atoms with E-state index < -0.39 is 0 Å². The first-order valence-corrected chi connectivity index (χ1v) is 6.65. The van der Waals surface area contributed by atoms with Crippen molar-refractivity contribution < 1.29 is 0 Å². The Morgan fingerprint density at radius 3 is 2.81 bits per heavy atom. The number of nitrogens with zero attached hydrogens (tertiary/aromatic N) is 1. The van der Waals surface area contributed by atoms with Crippen molar-refractivity contribution in [2.45, 2.75) is 19.2 Å². The molecule has 4 heteroatoms. The maximum Gasteiger partial charge on any atom is 0.183 e. The first kappa shape index (κ1) is 11.7. The molecule has 0 aliphatic heterocycles. The average Bonchev–Trinajstić information content (AvgIpc) is 2.68. The Hall–Kier alpha value is -0.800. The molecule has 0 radical (unpaired) electrons. The first-order chi connectivity index (χ1) is 7.66. The number of benzene rings is 1. The van der Waals surface area contributed by atoms with Gasteiger partial charge in [0, 0.05) is 6.54 Å². The standard InChI is InChI=1S/C12H15ClN2S/c1-8(2)9(13)7-14-12-15-10-5-3-4-6-11(10)16-12/h3-6,8-9H,7H2,1-2H3,(H,14,15). The van der Waals surface area contributed by atoms with E-state index in [-0.39, 0.29) is 5.38 Å². The summed E-state index contributed by atoms with van der Waals surface area (Å²) in [6.45, 7) is 5.01. The number of rotatable bonds is 4. The lowest BCUT2D eigenvalue weighted by molar-refractivity contribution is 0.616. The highest BCUT2D eigenvalue weighted by Crippen LogP contribution is 2.25. The van der Waals surface area contributed by atoms with Crippen LogP contribution >= 0.6 is 22.9 Å². The molecule has 1 aromatic carbocycles. The summed E-state index contributed by atoms with van der Waals surface area (Å²) in [5, 5.41) is 4.39. The lowest BCUT2D eigenvalue weighted by Crippen LogP contribution is -2.19. The summed E-state index contributed by atoms with van der Waals surface area (Å²) in [4.78, 5) is 4.49. The molecule has 0 fully saturated rings. The summed E-state index contributed by atoms with van der Waals surface area (Å²) in [7, 11) is 0. The lowest BCUT2D eigenvalue weighted by Gasteiger charge is -2.12. The van der Waals surface area contributed by atoms with E-state index in [0.29, 0.717) is 5.92 Å². The number of hydrogen-bond acceptors (Lipinski definition) is 3. The van der Waals surface area contributed by atoms with Crippen LogP contribution in [0.15, 0.2) is 24.3 Å². The number of anilines is 1. The molecule has 2 nitrogen and oxygen atoms in total. The highest BCUT2D eigenvalue weighted by Gasteiger charge is 2.10. The monoisotopic (exact) mass is 254 g/mol. The van der Waals surface area contributed by atoms with Crippen molar-refractivity contribution in [3.8, 4) is 0 Å². The van der Waals surface area contributed by atoms with E-state index in [1.54, 1.807) is 11.3 Å². The highest BCUT2D eigenvalue weighted by atomic mass is 35.5. The molecule has 0 saturated heterocycles. The van der Waals surface area contributed by atoms with Crippen LogP contribution in [-0.4, -0.2) is 16.9 Å². The van der Waals surface area contributed by atoms with Crippen LogP contribution in [-0.2, 0) is 0 Å². The Balaban J connectivity index is 2.05. The summed E-state index contributed by atoms with van der Waals surface area (Å²) in [6, 6.07) is 8.14. The minimum Gasteiger partial charge on any atom is -0.360 e. The van der Waals surface area contributed by atoms with Gasteiger partial charge < -0.3 is 5.32 Å². The van der Waals surface area contributed by atoms with Gasteiger partial charge in [-0.3, -0.25) is 0 Å². The number of aromatic nitrogens is 1. The fourth-order valence-corrected chi connectivity index (χ4v) is 2.32. The van der Waals surface area contributed by atoms with Crippen LogP contribution in [0.1, 0.15) is 13.8 Å². The first-order valence-electron chi connectivity index (χ1n) is 5.40. The third kappa shape index (κ3) is 2.66. The molecule has 0 aliphatic carbocycles. The van der Waals surface area contributed by atoms with Gasteiger partial charge in [0.1, 0.15) is 0 Å². The van der Waals surface area contributed by atoms with Gasteiger partial charge in [0.05, 0.1) is 15.6 Å². The zero-order valence-electron chi connectivity index (χ0n) is 9.40. The SMILES string of the molecule is CC(C)C(Cl)CNc1nc2ccccc2s1. The summed E-state index contributed by atoms with van der Waals surface area (Å²) in [6.07, 6.45) is 0. The third-order valence-corrected chi connectivity index (χ3v) is 4.12. The summed E-state index contributed by atoms with van der Waals surface area (Å²) < 4.78 is 1.21. The minimum absolute atomic E-state index is 0.145. The van der Waals surface area contributed by atoms with Gasteiger partial charge in [-0.2, -0.15) is 0 Å². The molecule has 2 aromatic rings. The summed E-state index contributed by atoms with van der Waals surface area (Å²) in [5.41, 5.74) is 1.05. The van der Waals surface area contributed by atoms with Crippen molar-refractivity contribution in [3.63, 3.8) is 0 Å². The Bertz CT molecular complexity index is 434. The van der Waals surface area contributed by atoms with Crippen molar-refractivity contribution in [1.82, 2.24) is 4.98 Å². The van der Waals surface area contributed by atoms with Crippen molar-refractivity contribution in [2.75, 3.05) is 11.9 Å². The zero-order valence-corrected chi connectivity index (χ0v) is 11.0. The molecule has 86 valence electrons. The van der Waals surface area contributed by atoms with E-state index in [0.717, 1.165) is 17.2 Å². The number of para-hydroxylation sites is 1. The Morgan fingerprint density at radius 2 is 2.12 bits per heavy atom. The van der Waals surface area contributed by atoms with Gasteiger partial charge in [0.15, 0.2) is 5.13 Å². The minimum atomic E-state index is 0.145. The van der Waals surface area contributed by atoms with E-state index in [4.69, 9.17) is 11.6 Å². The van der Waals surface area contributed by atoms with Crippen LogP contribution in [0.3, 0.4) is 0 Å². The number of hydrogen-bond donors (Lipinski definition) is 1. The molecule has 1 N–H and O–H groups in total. The predicted octanol–water partition coefficient (Wildman–Crippen LogP) is 3.97. The molecule has 1 unspecified atom stereocenters. The van der Waals surface area contributed by atoms with Crippen molar-refractivity contribution in [3.05, 3.63) is 24.3 Å². The molecular weight excluding hydrogens is 240 g/mol. The lowest BCUT2D eigenvalue weighted by atomic mass is 10.1. The molecule has 0 amide bonds. The molecule has 0 bridgehead atoms.